The maximum atomic E-state index is 9.10. The maximum Gasteiger partial charge on any atom is 0.0677 e. The van der Waals surface area contributed by atoms with Gasteiger partial charge in [-0.2, -0.15) is 0 Å². The van der Waals surface area contributed by atoms with Gasteiger partial charge in [-0.05, 0) is 60.8 Å². The normalized spacial score (nSPS) is 14.2. The van der Waals surface area contributed by atoms with Crippen LogP contribution in [-0.4, -0.2) is 53.8 Å². The Morgan fingerprint density at radius 1 is 0.818 bits per heavy atom. The maximum absolute atomic E-state index is 9.10. The Morgan fingerprint density at radius 2 is 1.32 bits per heavy atom. The van der Waals surface area contributed by atoms with E-state index in [-0.39, 0.29) is 19.2 Å². The second kappa shape index (κ2) is 9.73. The number of halogens is 2. The van der Waals surface area contributed by atoms with Gasteiger partial charge in [0.15, 0.2) is 0 Å². The van der Waals surface area contributed by atoms with Crippen LogP contribution in [0.4, 0.5) is 0 Å². The molecule has 0 aliphatic rings. The summed E-state index contributed by atoms with van der Waals surface area (Å²) in [4.78, 5) is 5.12. The topological polar surface area (TPSA) is 26.7 Å². The third-order valence-electron chi connectivity index (χ3n) is 4.39. The fourth-order valence-corrected chi connectivity index (χ4v) is 4.18. The summed E-state index contributed by atoms with van der Waals surface area (Å²) in [6, 6.07) is 0. The summed E-state index contributed by atoms with van der Waals surface area (Å²) in [6.45, 7) is 19.5. The molecule has 22 heavy (non-hydrogen) atoms. The molecule has 0 amide bonds. The molecule has 1 N–H and O–H groups in total. The summed E-state index contributed by atoms with van der Waals surface area (Å²) in [6.07, 6.45) is 3.17. The molecular weight excluding hydrogens is 502 g/mol. The van der Waals surface area contributed by atoms with E-state index in [1.54, 1.807) is 0 Å². The van der Waals surface area contributed by atoms with E-state index in [0.29, 0.717) is 0 Å². The van der Waals surface area contributed by atoms with Gasteiger partial charge in [0.2, 0.25) is 0 Å². The summed E-state index contributed by atoms with van der Waals surface area (Å²) in [7, 11) is 0. The van der Waals surface area contributed by atoms with Crippen LogP contribution in [0.25, 0.3) is 0 Å². The first-order valence-corrected chi connectivity index (χ1v) is 10.5. The number of aliphatic hydroxyl groups excluding tert-OH is 1. The van der Waals surface area contributed by atoms with E-state index in [4.69, 9.17) is 5.11 Å². The van der Waals surface area contributed by atoms with Crippen molar-refractivity contribution >= 4 is 45.2 Å². The predicted molar refractivity (Wildman–Crippen MR) is 115 cm³/mol. The average Bonchev–Trinajstić information content (AvgIpc) is 2.34. The summed E-state index contributed by atoms with van der Waals surface area (Å²) in [5, 5.41) is 9.10. The Hall–Kier alpha value is 1.34. The van der Waals surface area contributed by atoms with Crippen LogP contribution in [-0.2, 0) is 0 Å². The van der Waals surface area contributed by atoms with Crippen molar-refractivity contribution in [3.05, 3.63) is 0 Å². The molecule has 0 atom stereocenters. The lowest BCUT2D eigenvalue weighted by molar-refractivity contribution is 0.0642. The lowest BCUT2D eigenvalue weighted by Crippen LogP contribution is -2.53. The van der Waals surface area contributed by atoms with Gasteiger partial charge < -0.3 is 5.11 Å². The van der Waals surface area contributed by atoms with Crippen LogP contribution in [0.3, 0.4) is 0 Å². The Kier molecular flexibility index (Phi) is 10.3. The van der Waals surface area contributed by atoms with Crippen LogP contribution in [0.15, 0.2) is 0 Å². The molecule has 0 heterocycles. The Labute approximate surface area is 165 Å². The first kappa shape index (κ1) is 23.3. The largest absolute Gasteiger partial charge is 0.396 e. The predicted octanol–water partition coefficient (Wildman–Crippen LogP) is 4.89. The van der Waals surface area contributed by atoms with Crippen LogP contribution in [0.5, 0.6) is 0 Å². The Bertz CT molecular complexity index is 309. The van der Waals surface area contributed by atoms with Crippen LogP contribution >= 0.6 is 45.2 Å². The van der Waals surface area contributed by atoms with Crippen molar-refractivity contribution in [1.82, 2.24) is 9.80 Å². The smallest absolute Gasteiger partial charge is 0.0677 e. The van der Waals surface area contributed by atoms with Crippen LogP contribution in [0.2, 0.25) is 0 Å². The number of alkyl halides is 2. The Morgan fingerprint density at radius 3 is 1.68 bits per heavy atom. The fourth-order valence-electron chi connectivity index (χ4n) is 2.80. The van der Waals surface area contributed by atoms with Crippen molar-refractivity contribution in [2.75, 3.05) is 26.2 Å². The Balaban J connectivity index is 4.72. The molecule has 0 aliphatic heterocycles. The highest BCUT2D eigenvalue weighted by atomic mass is 127. The monoisotopic (exact) mass is 538 g/mol. The van der Waals surface area contributed by atoms with E-state index < -0.39 is 0 Å². The van der Waals surface area contributed by atoms with Crippen molar-refractivity contribution in [1.29, 1.82) is 0 Å². The van der Waals surface area contributed by atoms with E-state index >= 15 is 0 Å². The SMILES string of the molecule is CCC(C)(C)N(CCCN(CCCO)C(C)(C)I)C(C)(C)I. The molecule has 0 bridgehead atoms. The van der Waals surface area contributed by atoms with E-state index in [0.717, 1.165) is 38.9 Å². The van der Waals surface area contributed by atoms with Crippen molar-refractivity contribution < 1.29 is 5.11 Å². The minimum atomic E-state index is 0.137. The second-order valence-corrected chi connectivity index (χ2v) is 12.8. The zero-order valence-electron chi connectivity index (χ0n) is 15.5. The molecule has 0 saturated carbocycles. The van der Waals surface area contributed by atoms with Gasteiger partial charge in [-0.3, -0.25) is 9.80 Å². The van der Waals surface area contributed by atoms with Gasteiger partial charge >= 0.3 is 0 Å². The first-order valence-electron chi connectivity index (χ1n) is 8.37. The summed E-state index contributed by atoms with van der Waals surface area (Å²) < 4.78 is 0.297. The van der Waals surface area contributed by atoms with Crippen molar-refractivity contribution in [2.24, 2.45) is 0 Å². The van der Waals surface area contributed by atoms with Gasteiger partial charge in [0.05, 0.1) is 7.09 Å². The van der Waals surface area contributed by atoms with Gasteiger partial charge in [-0.1, -0.05) is 52.1 Å². The molecule has 0 aliphatic carbocycles. The van der Waals surface area contributed by atoms with Crippen LogP contribution in [0, 0.1) is 0 Å². The number of rotatable bonds is 11. The highest BCUT2D eigenvalue weighted by molar-refractivity contribution is 14.1. The van der Waals surface area contributed by atoms with Gasteiger partial charge in [-0.25, -0.2) is 0 Å². The minimum Gasteiger partial charge on any atom is -0.396 e. The zero-order valence-corrected chi connectivity index (χ0v) is 19.9. The molecule has 3 nitrogen and oxygen atoms in total. The zero-order chi connectivity index (χ0) is 17.6. The molecular formula is C17H36I2N2O. The minimum absolute atomic E-state index is 0.137. The number of hydrogen-bond donors (Lipinski definition) is 1. The standard InChI is InChI=1S/C17H36I2N2O/c1-8-15(2,3)21(17(6,7)19)13-9-11-20(12-10-14-22)16(4,5)18/h22H,8-14H2,1-7H3. The third-order valence-corrected chi connectivity index (χ3v) is 5.65. The van der Waals surface area contributed by atoms with E-state index in [1.807, 2.05) is 0 Å². The molecule has 0 unspecified atom stereocenters. The molecule has 0 saturated heterocycles. The average molecular weight is 538 g/mol. The van der Waals surface area contributed by atoms with Crippen molar-refractivity contribution in [3.8, 4) is 0 Å². The molecule has 0 aromatic carbocycles. The fraction of sp³-hybridized carbons (Fsp3) is 1.00. The molecule has 5 heteroatoms. The molecule has 0 aromatic rings. The summed E-state index contributed by atoms with van der Waals surface area (Å²) in [5.41, 5.74) is 0.223. The number of hydrogen-bond acceptors (Lipinski definition) is 3. The molecule has 0 fully saturated rings. The lowest BCUT2D eigenvalue weighted by atomic mass is 9.97. The van der Waals surface area contributed by atoms with Crippen LogP contribution in [0.1, 0.15) is 67.7 Å². The first-order chi connectivity index (χ1) is 9.86. The quantitative estimate of drug-likeness (QED) is 0.231. The number of aliphatic hydroxyl groups is 1. The summed E-state index contributed by atoms with van der Waals surface area (Å²) >= 11 is 5.07. The van der Waals surface area contributed by atoms with Gasteiger partial charge in [0.25, 0.3) is 0 Å². The molecule has 0 rings (SSSR count). The third kappa shape index (κ3) is 8.44. The molecule has 0 radical (unpaired) electrons. The molecule has 134 valence electrons. The van der Waals surface area contributed by atoms with E-state index in [9.17, 15) is 0 Å². The number of nitrogens with zero attached hydrogens (tertiary/aromatic N) is 2. The summed E-state index contributed by atoms with van der Waals surface area (Å²) in [5.74, 6) is 0. The van der Waals surface area contributed by atoms with E-state index in [1.165, 1.54) is 0 Å². The van der Waals surface area contributed by atoms with E-state index in [2.05, 4.69) is 103 Å². The van der Waals surface area contributed by atoms with Gasteiger partial charge in [0.1, 0.15) is 0 Å². The van der Waals surface area contributed by atoms with Gasteiger partial charge in [-0.15, -0.1) is 0 Å². The molecule has 0 aromatic heterocycles. The lowest BCUT2D eigenvalue weighted by Gasteiger charge is -2.46. The highest BCUT2D eigenvalue weighted by Crippen LogP contribution is 2.33. The van der Waals surface area contributed by atoms with Crippen LogP contribution < -0.4 is 0 Å². The van der Waals surface area contributed by atoms with Gasteiger partial charge in [0, 0.05) is 31.8 Å². The second-order valence-electron chi connectivity index (χ2n) is 7.55. The van der Waals surface area contributed by atoms with Crippen molar-refractivity contribution in [2.45, 2.75) is 80.4 Å². The molecule has 0 spiro atoms. The van der Waals surface area contributed by atoms with Crippen molar-refractivity contribution in [3.63, 3.8) is 0 Å². The highest BCUT2D eigenvalue weighted by Gasteiger charge is 2.34.